The highest BCUT2D eigenvalue weighted by Crippen LogP contribution is 2.33. The summed E-state index contributed by atoms with van der Waals surface area (Å²) >= 11 is 0. The van der Waals surface area contributed by atoms with E-state index in [0.717, 1.165) is 6.42 Å². The third-order valence-corrected chi connectivity index (χ3v) is 4.98. The number of rotatable bonds is 8. The molecule has 1 fully saturated rings. The van der Waals surface area contributed by atoms with Gasteiger partial charge in [-0.1, -0.05) is 31.2 Å². The molecule has 8 heteroatoms. The fourth-order valence-electron chi connectivity index (χ4n) is 3.31. The highest BCUT2D eigenvalue weighted by atomic mass is 16.5. The van der Waals surface area contributed by atoms with Crippen molar-refractivity contribution in [3.63, 3.8) is 0 Å². The van der Waals surface area contributed by atoms with Gasteiger partial charge < -0.3 is 14.4 Å². The Morgan fingerprint density at radius 3 is 2.48 bits per heavy atom. The summed E-state index contributed by atoms with van der Waals surface area (Å²) < 4.78 is 11.0. The standard InChI is InChI=1S/C23H27N3O5/c1-3-16-9-11-18(12-10-16)31-15-21(27)24-25-23(29)17-13-22(28)26(14-17)19-7-5-6-8-20(19)30-4-2/h5-12,17H,3-4,13-15H2,1-2H3,(H,24,27)(H,25,29)/t17-/m1/s1. The van der Waals surface area contributed by atoms with E-state index in [1.165, 1.54) is 5.56 Å². The molecule has 1 saturated heterocycles. The van der Waals surface area contributed by atoms with Gasteiger partial charge in [0.25, 0.3) is 5.91 Å². The Hall–Kier alpha value is -3.55. The van der Waals surface area contributed by atoms with Gasteiger partial charge in [0.15, 0.2) is 6.61 Å². The van der Waals surface area contributed by atoms with Gasteiger partial charge in [0.1, 0.15) is 11.5 Å². The zero-order valence-corrected chi connectivity index (χ0v) is 17.7. The van der Waals surface area contributed by atoms with Gasteiger partial charge in [-0.3, -0.25) is 25.2 Å². The van der Waals surface area contributed by atoms with Crippen LogP contribution in [0.4, 0.5) is 5.69 Å². The van der Waals surface area contributed by atoms with Crippen molar-refractivity contribution < 1.29 is 23.9 Å². The summed E-state index contributed by atoms with van der Waals surface area (Å²) in [5.74, 6) is -0.496. The summed E-state index contributed by atoms with van der Waals surface area (Å²) in [6.45, 7) is 4.38. The van der Waals surface area contributed by atoms with E-state index in [2.05, 4.69) is 17.8 Å². The lowest BCUT2D eigenvalue weighted by atomic mass is 10.1. The summed E-state index contributed by atoms with van der Waals surface area (Å²) in [4.78, 5) is 38.4. The quantitative estimate of drug-likeness (QED) is 0.632. The minimum absolute atomic E-state index is 0.0580. The first-order chi connectivity index (χ1) is 15.0. The summed E-state index contributed by atoms with van der Waals surface area (Å²) in [7, 11) is 0. The molecule has 0 saturated carbocycles. The average Bonchev–Trinajstić information content (AvgIpc) is 3.18. The van der Waals surface area contributed by atoms with Gasteiger partial charge in [-0.25, -0.2) is 0 Å². The minimum Gasteiger partial charge on any atom is -0.492 e. The van der Waals surface area contributed by atoms with Crippen molar-refractivity contribution >= 4 is 23.4 Å². The molecule has 0 unspecified atom stereocenters. The van der Waals surface area contributed by atoms with Crippen molar-refractivity contribution in [2.75, 3.05) is 24.7 Å². The average molecular weight is 425 g/mol. The number of nitrogens with one attached hydrogen (secondary N) is 2. The first kappa shape index (κ1) is 22.1. The van der Waals surface area contributed by atoms with E-state index in [-0.39, 0.29) is 25.5 Å². The van der Waals surface area contributed by atoms with Crippen LogP contribution in [-0.4, -0.2) is 37.5 Å². The Morgan fingerprint density at radius 2 is 1.77 bits per heavy atom. The number of hydrogen-bond donors (Lipinski definition) is 2. The van der Waals surface area contributed by atoms with Crippen LogP contribution in [0, 0.1) is 5.92 Å². The largest absolute Gasteiger partial charge is 0.492 e. The number of carbonyl (C=O) groups excluding carboxylic acids is 3. The summed E-state index contributed by atoms with van der Waals surface area (Å²) in [5, 5.41) is 0. The maximum absolute atomic E-state index is 12.5. The molecule has 1 atom stereocenters. The molecule has 1 aliphatic rings. The molecule has 2 aromatic carbocycles. The van der Waals surface area contributed by atoms with Crippen LogP contribution in [0.25, 0.3) is 0 Å². The predicted molar refractivity (Wildman–Crippen MR) is 116 cm³/mol. The number of nitrogens with zero attached hydrogens (tertiary/aromatic N) is 1. The highest BCUT2D eigenvalue weighted by Gasteiger charge is 2.36. The molecule has 164 valence electrons. The van der Waals surface area contributed by atoms with Gasteiger partial charge in [-0.15, -0.1) is 0 Å². The molecule has 0 bridgehead atoms. The van der Waals surface area contributed by atoms with E-state index < -0.39 is 17.7 Å². The monoisotopic (exact) mass is 425 g/mol. The van der Waals surface area contributed by atoms with E-state index in [1.54, 1.807) is 29.2 Å². The Balaban J connectivity index is 1.48. The second-order valence-corrected chi connectivity index (χ2v) is 7.13. The number of aryl methyl sites for hydroxylation is 1. The fraction of sp³-hybridized carbons (Fsp3) is 0.348. The number of amides is 3. The minimum atomic E-state index is -0.579. The lowest BCUT2D eigenvalue weighted by molar-refractivity contribution is -0.132. The van der Waals surface area contributed by atoms with Gasteiger partial charge in [0.2, 0.25) is 11.8 Å². The second-order valence-electron chi connectivity index (χ2n) is 7.13. The maximum atomic E-state index is 12.5. The van der Waals surface area contributed by atoms with Crippen LogP contribution in [0.1, 0.15) is 25.8 Å². The van der Waals surface area contributed by atoms with Gasteiger partial charge in [-0.05, 0) is 43.2 Å². The third kappa shape index (κ3) is 5.75. The van der Waals surface area contributed by atoms with Crippen LogP contribution in [0.2, 0.25) is 0 Å². The molecule has 1 aliphatic heterocycles. The first-order valence-corrected chi connectivity index (χ1v) is 10.3. The van der Waals surface area contributed by atoms with Crippen molar-refractivity contribution in [1.29, 1.82) is 0 Å². The van der Waals surface area contributed by atoms with Crippen molar-refractivity contribution in [2.24, 2.45) is 5.92 Å². The van der Waals surface area contributed by atoms with Crippen molar-refractivity contribution in [3.8, 4) is 11.5 Å². The number of hydrazine groups is 1. The summed E-state index contributed by atoms with van der Waals surface area (Å²) in [6.07, 6.45) is 0.980. The zero-order chi connectivity index (χ0) is 22.2. The third-order valence-electron chi connectivity index (χ3n) is 4.98. The molecular formula is C23H27N3O5. The summed E-state index contributed by atoms with van der Waals surface area (Å²) in [5.41, 5.74) is 6.53. The molecule has 8 nitrogen and oxygen atoms in total. The Labute approximate surface area is 181 Å². The Kier molecular flexibility index (Phi) is 7.48. The number of hydrogen-bond acceptors (Lipinski definition) is 5. The molecule has 0 radical (unpaired) electrons. The molecule has 2 N–H and O–H groups in total. The van der Waals surface area contributed by atoms with E-state index >= 15 is 0 Å². The van der Waals surface area contributed by atoms with Crippen LogP contribution in [0.3, 0.4) is 0 Å². The van der Waals surface area contributed by atoms with Crippen molar-refractivity contribution in [1.82, 2.24) is 10.9 Å². The molecule has 3 amide bonds. The number of para-hydroxylation sites is 2. The lowest BCUT2D eigenvalue weighted by Gasteiger charge is -2.20. The molecule has 0 aromatic heterocycles. The van der Waals surface area contributed by atoms with Gasteiger partial charge in [-0.2, -0.15) is 0 Å². The molecule has 0 spiro atoms. The topological polar surface area (TPSA) is 97.0 Å². The Bertz CT molecular complexity index is 929. The first-order valence-electron chi connectivity index (χ1n) is 10.3. The van der Waals surface area contributed by atoms with Crippen molar-refractivity contribution in [3.05, 3.63) is 54.1 Å². The van der Waals surface area contributed by atoms with Crippen LogP contribution >= 0.6 is 0 Å². The van der Waals surface area contributed by atoms with E-state index in [0.29, 0.717) is 23.8 Å². The van der Waals surface area contributed by atoms with Crippen LogP contribution in [0.5, 0.6) is 11.5 Å². The van der Waals surface area contributed by atoms with Gasteiger partial charge >= 0.3 is 0 Å². The van der Waals surface area contributed by atoms with Gasteiger partial charge in [0.05, 0.1) is 18.2 Å². The molecule has 1 heterocycles. The van der Waals surface area contributed by atoms with E-state index in [1.807, 2.05) is 31.2 Å². The number of carbonyl (C=O) groups is 3. The smallest absolute Gasteiger partial charge is 0.276 e. The van der Waals surface area contributed by atoms with E-state index in [4.69, 9.17) is 9.47 Å². The number of benzene rings is 2. The van der Waals surface area contributed by atoms with Gasteiger partial charge in [0, 0.05) is 13.0 Å². The molecular weight excluding hydrogens is 398 g/mol. The molecule has 2 aromatic rings. The summed E-state index contributed by atoms with van der Waals surface area (Å²) in [6, 6.07) is 14.7. The molecule has 3 rings (SSSR count). The number of anilines is 1. The lowest BCUT2D eigenvalue weighted by Crippen LogP contribution is -2.46. The van der Waals surface area contributed by atoms with Crippen LogP contribution in [-0.2, 0) is 20.8 Å². The SMILES string of the molecule is CCOc1ccccc1N1C[C@H](C(=O)NNC(=O)COc2ccc(CC)cc2)CC1=O. The highest BCUT2D eigenvalue weighted by molar-refractivity contribution is 6.01. The molecule has 31 heavy (non-hydrogen) atoms. The molecule has 0 aliphatic carbocycles. The van der Waals surface area contributed by atoms with Crippen LogP contribution in [0.15, 0.2) is 48.5 Å². The maximum Gasteiger partial charge on any atom is 0.276 e. The normalized spacial score (nSPS) is 15.5. The predicted octanol–water partition coefficient (Wildman–Crippen LogP) is 2.23. The Morgan fingerprint density at radius 1 is 1.03 bits per heavy atom. The number of ether oxygens (including phenoxy) is 2. The zero-order valence-electron chi connectivity index (χ0n) is 17.7. The fourth-order valence-corrected chi connectivity index (χ4v) is 3.31. The van der Waals surface area contributed by atoms with E-state index in [9.17, 15) is 14.4 Å². The van der Waals surface area contributed by atoms with Crippen LogP contribution < -0.4 is 25.2 Å². The van der Waals surface area contributed by atoms with Crippen molar-refractivity contribution in [2.45, 2.75) is 26.7 Å². The second kappa shape index (κ2) is 10.5.